The first kappa shape index (κ1) is 11.4. The van der Waals surface area contributed by atoms with E-state index in [1.165, 1.54) is 0 Å². The lowest BCUT2D eigenvalue weighted by molar-refractivity contribution is 0.414. The first-order chi connectivity index (χ1) is 7.76. The van der Waals surface area contributed by atoms with E-state index in [1.54, 1.807) is 7.11 Å². The zero-order valence-corrected chi connectivity index (χ0v) is 10.7. The molecule has 0 aliphatic rings. The monoisotopic (exact) mass is 283 g/mol. The topological polar surface area (TPSA) is 52.5 Å². The molecule has 2 heterocycles. The van der Waals surface area contributed by atoms with Crippen molar-refractivity contribution in [2.24, 2.45) is 5.73 Å². The molecule has 16 heavy (non-hydrogen) atoms. The fraction of sp³-hybridized carbons (Fsp3) is 0.364. The number of imidazole rings is 1. The SMILES string of the molecule is COc1ccn2c(CCCN)nc(Br)c2c1. The summed E-state index contributed by atoms with van der Waals surface area (Å²) >= 11 is 3.45. The van der Waals surface area contributed by atoms with Gasteiger partial charge in [-0.1, -0.05) is 0 Å². The van der Waals surface area contributed by atoms with E-state index in [0.717, 1.165) is 34.5 Å². The normalized spacial score (nSPS) is 10.9. The highest BCUT2D eigenvalue weighted by atomic mass is 79.9. The summed E-state index contributed by atoms with van der Waals surface area (Å²) in [4.78, 5) is 4.47. The van der Waals surface area contributed by atoms with E-state index in [0.29, 0.717) is 6.54 Å². The number of nitrogens with two attached hydrogens (primary N) is 1. The molecule has 2 N–H and O–H groups in total. The van der Waals surface area contributed by atoms with Crippen molar-refractivity contribution in [3.05, 3.63) is 28.8 Å². The number of pyridine rings is 1. The van der Waals surface area contributed by atoms with Crippen molar-refractivity contribution in [1.29, 1.82) is 0 Å². The molecular weight excluding hydrogens is 270 g/mol. The summed E-state index contributed by atoms with van der Waals surface area (Å²) < 4.78 is 8.09. The molecule has 4 nitrogen and oxygen atoms in total. The second-order valence-corrected chi connectivity index (χ2v) is 4.28. The maximum Gasteiger partial charge on any atom is 0.132 e. The predicted molar refractivity (Wildman–Crippen MR) is 66.8 cm³/mol. The smallest absolute Gasteiger partial charge is 0.132 e. The molecule has 0 amide bonds. The van der Waals surface area contributed by atoms with E-state index >= 15 is 0 Å². The molecule has 0 fully saturated rings. The number of aryl methyl sites for hydroxylation is 1. The van der Waals surface area contributed by atoms with Gasteiger partial charge >= 0.3 is 0 Å². The molecule has 0 saturated heterocycles. The Kier molecular flexibility index (Phi) is 3.46. The molecule has 0 radical (unpaired) electrons. The maximum atomic E-state index is 5.50. The largest absolute Gasteiger partial charge is 0.497 e. The van der Waals surface area contributed by atoms with E-state index in [-0.39, 0.29) is 0 Å². The Balaban J connectivity index is 2.45. The van der Waals surface area contributed by atoms with Crippen LogP contribution in [0.2, 0.25) is 0 Å². The van der Waals surface area contributed by atoms with Crippen molar-refractivity contribution < 1.29 is 4.74 Å². The van der Waals surface area contributed by atoms with Gasteiger partial charge in [-0.05, 0) is 35.0 Å². The van der Waals surface area contributed by atoms with E-state index in [9.17, 15) is 0 Å². The van der Waals surface area contributed by atoms with E-state index in [2.05, 4.69) is 25.3 Å². The minimum Gasteiger partial charge on any atom is -0.497 e. The molecular formula is C11H14BrN3O. The summed E-state index contributed by atoms with van der Waals surface area (Å²) in [5.74, 6) is 1.86. The van der Waals surface area contributed by atoms with Crippen molar-refractivity contribution in [2.45, 2.75) is 12.8 Å². The number of hydrogen-bond donors (Lipinski definition) is 1. The Morgan fingerprint density at radius 2 is 2.38 bits per heavy atom. The Labute approximate surface area is 103 Å². The number of halogens is 1. The molecule has 0 aliphatic carbocycles. The first-order valence-corrected chi connectivity index (χ1v) is 5.96. The Morgan fingerprint density at radius 1 is 1.56 bits per heavy atom. The van der Waals surface area contributed by atoms with Crippen LogP contribution in [0.5, 0.6) is 5.75 Å². The maximum absolute atomic E-state index is 5.50. The number of aromatic nitrogens is 2. The van der Waals surface area contributed by atoms with Crippen LogP contribution in [0.3, 0.4) is 0 Å². The molecule has 0 unspecified atom stereocenters. The number of rotatable bonds is 4. The average Bonchev–Trinajstić information content (AvgIpc) is 2.63. The van der Waals surface area contributed by atoms with E-state index < -0.39 is 0 Å². The summed E-state index contributed by atoms with van der Waals surface area (Å²) in [6.07, 6.45) is 3.80. The molecule has 0 aromatic carbocycles. The van der Waals surface area contributed by atoms with Crippen molar-refractivity contribution in [1.82, 2.24) is 9.38 Å². The van der Waals surface area contributed by atoms with Crippen LogP contribution in [0.25, 0.3) is 5.52 Å². The Hall–Kier alpha value is -1.07. The van der Waals surface area contributed by atoms with Gasteiger partial charge in [0.15, 0.2) is 0 Å². The summed E-state index contributed by atoms with van der Waals surface area (Å²) in [5, 5.41) is 0. The Bertz CT molecular complexity index is 495. The summed E-state index contributed by atoms with van der Waals surface area (Å²) in [5.41, 5.74) is 6.52. The number of fused-ring (bicyclic) bond motifs is 1. The van der Waals surface area contributed by atoms with Gasteiger partial charge in [0.25, 0.3) is 0 Å². The fourth-order valence-electron chi connectivity index (χ4n) is 1.65. The number of hydrogen-bond acceptors (Lipinski definition) is 3. The number of nitrogens with zero attached hydrogens (tertiary/aromatic N) is 2. The number of ether oxygens (including phenoxy) is 1. The third kappa shape index (κ3) is 2.05. The van der Waals surface area contributed by atoms with Crippen LogP contribution in [-0.2, 0) is 6.42 Å². The zero-order chi connectivity index (χ0) is 11.5. The van der Waals surface area contributed by atoms with Crippen LogP contribution in [0.15, 0.2) is 22.9 Å². The lowest BCUT2D eigenvalue weighted by atomic mass is 10.3. The van der Waals surface area contributed by atoms with Gasteiger partial charge in [-0.25, -0.2) is 4.98 Å². The highest BCUT2D eigenvalue weighted by Gasteiger charge is 2.09. The molecule has 2 aromatic rings. The highest BCUT2D eigenvalue weighted by molar-refractivity contribution is 9.10. The van der Waals surface area contributed by atoms with Crippen LogP contribution >= 0.6 is 15.9 Å². The van der Waals surface area contributed by atoms with Gasteiger partial charge in [0, 0.05) is 18.7 Å². The van der Waals surface area contributed by atoms with Gasteiger partial charge in [-0.3, -0.25) is 0 Å². The number of methoxy groups -OCH3 is 1. The van der Waals surface area contributed by atoms with Gasteiger partial charge in [-0.2, -0.15) is 0 Å². The molecule has 0 spiro atoms. The van der Waals surface area contributed by atoms with Crippen molar-refractivity contribution >= 4 is 21.4 Å². The van der Waals surface area contributed by atoms with Gasteiger partial charge in [0.05, 0.1) is 12.6 Å². The molecule has 2 aromatic heterocycles. The molecule has 0 bridgehead atoms. The quantitative estimate of drug-likeness (QED) is 0.934. The van der Waals surface area contributed by atoms with E-state index in [1.807, 2.05) is 18.3 Å². The molecule has 86 valence electrons. The average molecular weight is 284 g/mol. The summed E-state index contributed by atoms with van der Waals surface area (Å²) in [7, 11) is 1.66. The minimum absolute atomic E-state index is 0.683. The molecule has 0 atom stereocenters. The van der Waals surface area contributed by atoms with Gasteiger partial charge in [0.2, 0.25) is 0 Å². The van der Waals surface area contributed by atoms with Crippen LogP contribution in [0.4, 0.5) is 0 Å². The lowest BCUT2D eigenvalue weighted by Crippen LogP contribution is -2.03. The molecule has 0 aliphatic heterocycles. The van der Waals surface area contributed by atoms with Crippen LogP contribution in [-0.4, -0.2) is 23.0 Å². The minimum atomic E-state index is 0.683. The first-order valence-electron chi connectivity index (χ1n) is 5.17. The summed E-state index contributed by atoms with van der Waals surface area (Å²) in [6.45, 7) is 0.683. The second-order valence-electron chi connectivity index (χ2n) is 3.53. The zero-order valence-electron chi connectivity index (χ0n) is 9.11. The lowest BCUT2D eigenvalue weighted by Gasteiger charge is -2.02. The third-order valence-corrected chi connectivity index (χ3v) is 3.07. The predicted octanol–water partition coefficient (Wildman–Crippen LogP) is 2.00. The standard InChI is InChI=1S/C11H14BrN3O/c1-16-8-4-6-15-9(7-8)11(12)14-10(15)3-2-5-13/h4,6-7H,2-3,5,13H2,1H3. The molecule has 0 saturated carbocycles. The highest BCUT2D eigenvalue weighted by Crippen LogP contribution is 2.23. The van der Waals surface area contributed by atoms with Gasteiger partial charge in [-0.15, -0.1) is 0 Å². The van der Waals surface area contributed by atoms with Crippen molar-refractivity contribution in [3.63, 3.8) is 0 Å². The fourth-order valence-corrected chi connectivity index (χ4v) is 2.16. The third-order valence-electron chi connectivity index (χ3n) is 2.48. The van der Waals surface area contributed by atoms with Crippen molar-refractivity contribution in [3.8, 4) is 5.75 Å². The van der Waals surface area contributed by atoms with Crippen LogP contribution < -0.4 is 10.5 Å². The Morgan fingerprint density at radius 3 is 3.06 bits per heavy atom. The molecule has 2 rings (SSSR count). The van der Waals surface area contributed by atoms with E-state index in [4.69, 9.17) is 10.5 Å². The summed E-state index contributed by atoms with van der Waals surface area (Å²) in [6, 6.07) is 3.89. The van der Waals surface area contributed by atoms with Crippen molar-refractivity contribution in [2.75, 3.05) is 13.7 Å². The van der Waals surface area contributed by atoms with Gasteiger partial charge < -0.3 is 14.9 Å². The molecule has 5 heteroatoms. The van der Waals surface area contributed by atoms with Crippen LogP contribution in [0.1, 0.15) is 12.2 Å². The van der Waals surface area contributed by atoms with Gasteiger partial charge in [0.1, 0.15) is 16.2 Å². The van der Waals surface area contributed by atoms with Crippen LogP contribution in [0, 0.1) is 0 Å². The second kappa shape index (κ2) is 4.84.